The van der Waals surface area contributed by atoms with Gasteiger partial charge in [0.15, 0.2) is 0 Å². The Balaban J connectivity index is 2.15. The van der Waals surface area contributed by atoms with E-state index < -0.39 is 0 Å². The lowest BCUT2D eigenvalue weighted by atomic mass is 10.0. The van der Waals surface area contributed by atoms with Gasteiger partial charge >= 0.3 is 5.97 Å². The predicted octanol–water partition coefficient (Wildman–Crippen LogP) is 3.18. The number of methoxy groups -OCH3 is 1. The van der Waals surface area contributed by atoms with Crippen molar-refractivity contribution in [1.29, 1.82) is 0 Å². The summed E-state index contributed by atoms with van der Waals surface area (Å²) >= 11 is 0. The van der Waals surface area contributed by atoms with Crippen LogP contribution in [-0.2, 0) is 22.5 Å². The molecule has 0 aromatic heterocycles. The summed E-state index contributed by atoms with van der Waals surface area (Å²) in [5.41, 5.74) is 2.91. The van der Waals surface area contributed by atoms with Crippen molar-refractivity contribution >= 4 is 11.7 Å². The van der Waals surface area contributed by atoms with Crippen LogP contribution in [0.2, 0.25) is 0 Å². The van der Waals surface area contributed by atoms with Crippen molar-refractivity contribution in [3.8, 4) is 0 Å². The van der Waals surface area contributed by atoms with Crippen molar-refractivity contribution in [2.24, 2.45) is 0 Å². The topological polar surface area (TPSA) is 29.5 Å². The second-order valence-electron chi connectivity index (χ2n) is 4.85. The normalized spacial score (nSPS) is 10.2. The van der Waals surface area contributed by atoms with Crippen LogP contribution in [-0.4, -0.2) is 20.1 Å². The second-order valence-corrected chi connectivity index (χ2v) is 4.85. The molecule has 0 N–H and O–H groups in total. The average Bonchev–Trinajstić information content (AvgIpc) is 2.49. The number of nitrogens with zero attached hydrogens (tertiary/aromatic N) is 1. The highest BCUT2D eigenvalue weighted by atomic mass is 19.1. The van der Waals surface area contributed by atoms with E-state index in [0.717, 1.165) is 16.8 Å². The number of hydrogen-bond acceptors (Lipinski definition) is 3. The largest absolute Gasteiger partial charge is 0.469 e. The van der Waals surface area contributed by atoms with Crippen LogP contribution >= 0.6 is 0 Å². The Hall–Kier alpha value is -2.36. The minimum Gasteiger partial charge on any atom is -0.469 e. The first-order valence-electron chi connectivity index (χ1n) is 6.70. The molecule has 0 saturated heterocycles. The maximum Gasteiger partial charge on any atom is 0.309 e. The van der Waals surface area contributed by atoms with Gasteiger partial charge in [-0.2, -0.15) is 0 Å². The zero-order valence-corrected chi connectivity index (χ0v) is 12.2. The molecule has 3 nitrogen and oxygen atoms in total. The number of carbonyl (C=O) groups excluding carboxylic acids is 1. The molecule has 0 fully saturated rings. The van der Waals surface area contributed by atoms with Gasteiger partial charge in [0.25, 0.3) is 0 Å². The number of anilines is 1. The molecule has 0 radical (unpaired) electrons. The number of ether oxygens (including phenoxy) is 1. The molecule has 21 heavy (non-hydrogen) atoms. The first-order valence-corrected chi connectivity index (χ1v) is 6.70. The molecule has 4 heteroatoms. The summed E-state index contributed by atoms with van der Waals surface area (Å²) in [6.07, 6.45) is 0.254. The van der Waals surface area contributed by atoms with Gasteiger partial charge in [-0.3, -0.25) is 4.79 Å². The number of carbonyl (C=O) groups is 1. The van der Waals surface area contributed by atoms with Crippen LogP contribution < -0.4 is 4.90 Å². The molecule has 2 rings (SSSR count). The van der Waals surface area contributed by atoms with E-state index in [2.05, 4.69) is 0 Å². The van der Waals surface area contributed by atoms with Crippen molar-refractivity contribution in [2.75, 3.05) is 19.1 Å². The van der Waals surface area contributed by atoms with Crippen LogP contribution in [0.25, 0.3) is 0 Å². The van der Waals surface area contributed by atoms with E-state index in [1.165, 1.54) is 19.2 Å². The highest BCUT2D eigenvalue weighted by Crippen LogP contribution is 2.18. The highest BCUT2D eigenvalue weighted by Gasteiger charge is 2.10. The van der Waals surface area contributed by atoms with E-state index in [4.69, 9.17) is 4.74 Å². The third-order valence-corrected chi connectivity index (χ3v) is 3.36. The standard InChI is InChI=1S/C17H18FNO2/c1-19(16-9-7-15(18)8-10-16)12-14-6-4-3-5-13(14)11-17(20)21-2/h3-10H,11-12H2,1-2H3. The number of halogens is 1. The molecular weight excluding hydrogens is 269 g/mol. The fourth-order valence-electron chi connectivity index (χ4n) is 2.15. The lowest BCUT2D eigenvalue weighted by Gasteiger charge is -2.21. The van der Waals surface area contributed by atoms with Gasteiger partial charge in [-0.1, -0.05) is 24.3 Å². The van der Waals surface area contributed by atoms with Gasteiger partial charge in [-0.15, -0.1) is 0 Å². The lowest BCUT2D eigenvalue weighted by Crippen LogP contribution is -2.18. The van der Waals surface area contributed by atoms with Crippen molar-refractivity contribution in [3.63, 3.8) is 0 Å². The molecule has 0 aliphatic carbocycles. The van der Waals surface area contributed by atoms with E-state index in [0.29, 0.717) is 6.54 Å². The molecule has 110 valence electrons. The molecule has 2 aromatic carbocycles. The van der Waals surface area contributed by atoms with Gasteiger partial charge in [-0.25, -0.2) is 4.39 Å². The van der Waals surface area contributed by atoms with E-state index in [1.54, 1.807) is 12.1 Å². The Morgan fingerprint density at radius 2 is 1.71 bits per heavy atom. The van der Waals surface area contributed by atoms with E-state index >= 15 is 0 Å². The minimum absolute atomic E-state index is 0.252. The summed E-state index contributed by atoms with van der Waals surface area (Å²) in [7, 11) is 3.32. The summed E-state index contributed by atoms with van der Waals surface area (Å²) in [6.45, 7) is 0.638. The second kappa shape index (κ2) is 6.88. The zero-order chi connectivity index (χ0) is 15.2. The van der Waals surface area contributed by atoms with Crippen LogP contribution in [0.5, 0.6) is 0 Å². The van der Waals surface area contributed by atoms with Crippen molar-refractivity contribution in [3.05, 3.63) is 65.5 Å². The molecule has 2 aromatic rings. The molecule has 0 spiro atoms. The van der Waals surface area contributed by atoms with Crippen LogP contribution in [0.3, 0.4) is 0 Å². The number of hydrogen-bond donors (Lipinski definition) is 0. The van der Waals surface area contributed by atoms with Crippen LogP contribution in [0, 0.1) is 5.82 Å². The summed E-state index contributed by atoms with van der Waals surface area (Å²) in [4.78, 5) is 13.5. The molecule has 0 amide bonds. The fraction of sp³-hybridized carbons (Fsp3) is 0.235. The van der Waals surface area contributed by atoms with E-state index in [1.807, 2.05) is 36.2 Å². The van der Waals surface area contributed by atoms with Gasteiger partial charge in [0.05, 0.1) is 13.5 Å². The average molecular weight is 287 g/mol. The first-order chi connectivity index (χ1) is 10.1. The van der Waals surface area contributed by atoms with Crippen molar-refractivity contribution in [2.45, 2.75) is 13.0 Å². The molecule has 0 unspecified atom stereocenters. The number of esters is 1. The maximum atomic E-state index is 13.0. The lowest BCUT2D eigenvalue weighted by molar-refractivity contribution is -0.139. The monoisotopic (exact) mass is 287 g/mol. The Morgan fingerprint density at radius 3 is 2.33 bits per heavy atom. The smallest absolute Gasteiger partial charge is 0.309 e. The van der Waals surface area contributed by atoms with Crippen LogP contribution in [0.1, 0.15) is 11.1 Å². The highest BCUT2D eigenvalue weighted by molar-refractivity contribution is 5.73. The van der Waals surface area contributed by atoms with Gasteiger partial charge in [0, 0.05) is 19.3 Å². The number of benzene rings is 2. The third kappa shape index (κ3) is 4.05. The fourth-order valence-corrected chi connectivity index (χ4v) is 2.15. The summed E-state index contributed by atoms with van der Waals surface area (Å²) in [5.74, 6) is -0.509. The van der Waals surface area contributed by atoms with Gasteiger partial charge in [-0.05, 0) is 35.4 Å². The SMILES string of the molecule is COC(=O)Cc1ccccc1CN(C)c1ccc(F)cc1. The molecular formula is C17H18FNO2. The van der Waals surface area contributed by atoms with E-state index in [-0.39, 0.29) is 18.2 Å². The summed E-state index contributed by atoms with van der Waals surface area (Å²) < 4.78 is 17.7. The van der Waals surface area contributed by atoms with Gasteiger partial charge in [0.1, 0.15) is 5.82 Å². The Labute approximate surface area is 124 Å². The van der Waals surface area contributed by atoms with Crippen molar-refractivity contribution in [1.82, 2.24) is 0 Å². The molecule has 0 heterocycles. The minimum atomic E-state index is -0.258. The van der Waals surface area contributed by atoms with Crippen LogP contribution in [0.15, 0.2) is 48.5 Å². The first kappa shape index (κ1) is 15.0. The molecule has 0 bridgehead atoms. The molecule has 0 saturated carbocycles. The Bertz CT molecular complexity index is 610. The molecule has 0 atom stereocenters. The molecule has 0 aliphatic rings. The Morgan fingerprint density at radius 1 is 1.10 bits per heavy atom. The quantitative estimate of drug-likeness (QED) is 0.791. The zero-order valence-electron chi connectivity index (χ0n) is 12.2. The maximum absolute atomic E-state index is 13.0. The molecule has 0 aliphatic heterocycles. The van der Waals surface area contributed by atoms with E-state index in [9.17, 15) is 9.18 Å². The Kier molecular flexibility index (Phi) is 4.93. The third-order valence-electron chi connectivity index (χ3n) is 3.36. The van der Waals surface area contributed by atoms with Crippen molar-refractivity contribution < 1.29 is 13.9 Å². The number of rotatable bonds is 5. The summed E-state index contributed by atoms with van der Waals surface area (Å²) in [6, 6.07) is 14.1. The van der Waals surface area contributed by atoms with Crippen LogP contribution in [0.4, 0.5) is 10.1 Å². The summed E-state index contributed by atoms with van der Waals surface area (Å²) in [5, 5.41) is 0. The van der Waals surface area contributed by atoms with Gasteiger partial charge < -0.3 is 9.64 Å². The predicted molar refractivity (Wildman–Crippen MR) is 80.7 cm³/mol. The van der Waals surface area contributed by atoms with Gasteiger partial charge in [0.2, 0.25) is 0 Å².